The van der Waals surface area contributed by atoms with Crippen LogP contribution in [0.2, 0.25) is 0 Å². The molecule has 0 fully saturated rings. The number of hydrogen-bond donors (Lipinski definition) is 2. The fourth-order valence-electron chi connectivity index (χ4n) is 2.94. The number of nitrogens with two attached hydrogens (primary N) is 1. The number of carbonyl (C=O) groups is 2. The molecule has 3 rings (SSSR count). The Morgan fingerprint density at radius 1 is 1.00 bits per heavy atom. The molecular formula is C19H18N4O4. The van der Waals surface area contributed by atoms with Gasteiger partial charge in [-0.1, -0.05) is 24.3 Å². The Hall–Kier alpha value is -3.68. The lowest BCUT2D eigenvalue weighted by Gasteiger charge is -2.14. The number of primary amides is 1. The van der Waals surface area contributed by atoms with Gasteiger partial charge >= 0.3 is 5.69 Å². The first-order chi connectivity index (χ1) is 12.9. The van der Waals surface area contributed by atoms with Crippen LogP contribution in [0.15, 0.2) is 58.1 Å². The molecular weight excluding hydrogens is 348 g/mol. The van der Waals surface area contributed by atoms with Gasteiger partial charge in [-0.15, -0.1) is 0 Å². The van der Waals surface area contributed by atoms with Gasteiger partial charge in [-0.25, -0.2) is 4.79 Å². The summed E-state index contributed by atoms with van der Waals surface area (Å²) in [7, 11) is 0. The third-order valence-electron chi connectivity index (χ3n) is 4.22. The normalized spacial score (nSPS) is 10.7. The maximum absolute atomic E-state index is 12.7. The van der Waals surface area contributed by atoms with Crippen molar-refractivity contribution in [2.24, 2.45) is 5.73 Å². The molecule has 2 amide bonds. The number of aromatic nitrogens is 2. The fraction of sp³-hybridized carbons (Fsp3) is 0.158. The zero-order chi connectivity index (χ0) is 19.6. The quantitative estimate of drug-likeness (QED) is 0.698. The van der Waals surface area contributed by atoms with Crippen molar-refractivity contribution in [2.75, 3.05) is 5.32 Å². The van der Waals surface area contributed by atoms with E-state index >= 15 is 0 Å². The number of hydrogen-bond acceptors (Lipinski definition) is 4. The Balaban J connectivity index is 2.03. The summed E-state index contributed by atoms with van der Waals surface area (Å²) in [4.78, 5) is 49.1. The number of fused-ring (bicyclic) bond motifs is 1. The highest BCUT2D eigenvalue weighted by molar-refractivity contribution is 6.03. The second-order valence-corrected chi connectivity index (χ2v) is 5.89. The fourth-order valence-corrected chi connectivity index (χ4v) is 2.94. The van der Waals surface area contributed by atoms with Crippen LogP contribution in [0.4, 0.5) is 5.69 Å². The van der Waals surface area contributed by atoms with Crippen LogP contribution in [0.1, 0.15) is 17.3 Å². The van der Waals surface area contributed by atoms with Gasteiger partial charge in [-0.2, -0.15) is 0 Å². The van der Waals surface area contributed by atoms with Crippen molar-refractivity contribution in [3.05, 3.63) is 74.9 Å². The predicted octanol–water partition coefficient (Wildman–Crippen LogP) is 0.921. The number of nitrogens with one attached hydrogen (secondary N) is 1. The van der Waals surface area contributed by atoms with Crippen molar-refractivity contribution in [3.63, 3.8) is 0 Å². The number of rotatable bonds is 5. The van der Waals surface area contributed by atoms with Gasteiger partial charge in [-0.05, 0) is 31.2 Å². The molecule has 1 heterocycles. The van der Waals surface area contributed by atoms with Gasteiger partial charge in [0.2, 0.25) is 5.91 Å². The van der Waals surface area contributed by atoms with E-state index in [0.717, 1.165) is 4.57 Å². The molecule has 0 saturated heterocycles. The minimum Gasteiger partial charge on any atom is -0.366 e. The van der Waals surface area contributed by atoms with Crippen molar-refractivity contribution in [1.29, 1.82) is 0 Å². The molecule has 0 unspecified atom stereocenters. The maximum atomic E-state index is 12.7. The van der Waals surface area contributed by atoms with E-state index in [4.69, 9.17) is 5.73 Å². The van der Waals surface area contributed by atoms with Gasteiger partial charge in [0.15, 0.2) is 0 Å². The van der Waals surface area contributed by atoms with E-state index in [-0.39, 0.29) is 24.3 Å². The highest BCUT2D eigenvalue weighted by atomic mass is 16.2. The van der Waals surface area contributed by atoms with Crippen LogP contribution in [-0.4, -0.2) is 20.9 Å². The van der Waals surface area contributed by atoms with Crippen molar-refractivity contribution in [1.82, 2.24) is 9.13 Å². The standard InChI is InChI=1S/C19H18N4O4/c1-2-22-18(26)13-8-4-6-10-15(13)23(19(22)27)11-16(24)21-14-9-5-3-7-12(14)17(20)25/h3-10H,2,11H2,1H3,(H2,20,25)(H,21,24). The molecule has 0 atom stereocenters. The Labute approximate surface area is 153 Å². The highest BCUT2D eigenvalue weighted by Crippen LogP contribution is 2.14. The summed E-state index contributed by atoms with van der Waals surface area (Å²) in [6, 6.07) is 12.9. The molecule has 8 heteroatoms. The molecule has 2 aromatic carbocycles. The van der Waals surface area contributed by atoms with Crippen molar-refractivity contribution in [3.8, 4) is 0 Å². The van der Waals surface area contributed by atoms with Crippen LogP contribution in [0.3, 0.4) is 0 Å². The van der Waals surface area contributed by atoms with Gasteiger partial charge in [0.25, 0.3) is 11.5 Å². The molecule has 27 heavy (non-hydrogen) atoms. The zero-order valence-corrected chi connectivity index (χ0v) is 14.6. The van der Waals surface area contributed by atoms with E-state index in [0.29, 0.717) is 10.9 Å². The molecule has 0 aliphatic rings. The van der Waals surface area contributed by atoms with Crippen LogP contribution in [0.25, 0.3) is 10.9 Å². The molecule has 3 aromatic rings. The molecule has 0 saturated carbocycles. The first kappa shape index (κ1) is 18.1. The van der Waals surface area contributed by atoms with Crippen LogP contribution in [-0.2, 0) is 17.9 Å². The largest absolute Gasteiger partial charge is 0.366 e. The topological polar surface area (TPSA) is 116 Å². The summed E-state index contributed by atoms with van der Waals surface area (Å²) in [5, 5.41) is 2.95. The average molecular weight is 366 g/mol. The van der Waals surface area contributed by atoms with E-state index in [9.17, 15) is 19.2 Å². The van der Waals surface area contributed by atoms with E-state index in [2.05, 4.69) is 5.32 Å². The minimum atomic E-state index is -0.673. The minimum absolute atomic E-state index is 0.168. The second kappa shape index (κ2) is 7.28. The summed E-state index contributed by atoms with van der Waals surface area (Å²) >= 11 is 0. The van der Waals surface area contributed by atoms with E-state index in [1.165, 1.54) is 10.6 Å². The summed E-state index contributed by atoms with van der Waals surface area (Å²) in [5.74, 6) is -1.19. The second-order valence-electron chi connectivity index (χ2n) is 5.89. The first-order valence-electron chi connectivity index (χ1n) is 8.35. The van der Waals surface area contributed by atoms with Crippen molar-refractivity contribution >= 4 is 28.4 Å². The van der Waals surface area contributed by atoms with E-state index < -0.39 is 23.1 Å². The number of benzene rings is 2. The number of carbonyl (C=O) groups excluding carboxylic acids is 2. The van der Waals surface area contributed by atoms with Gasteiger partial charge in [0, 0.05) is 6.54 Å². The molecule has 138 valence electrons. The number of amides is 2. The average Bonchev–Trinajstić information content (AvgIpc) is 2.66. The van der Waals surface area contributed by atoms with Crippen LogP contribution in [0, 0.1) is 0 Å². The molecule has 8 nitrogen and oxygen atoms in total. The summed E-state index contributed by atoms with van der Waals surface area (Å²) in [5.41, 5.74) is 5.15. The van der Waals surface area contributed by atoms with Gasteiger partial charge < -0.3 is 11.1 Å². The zero-order valence-electron chi connectivity index (χ0n) is 14.6. The third kappa shape index (κ3) is 3.37. The van der Waals surface area contributed by atoms with Crippen molar-refractivity contribution < 1.29 is 9.59 Å². The lowest BCUT2D eigenvalue weighted by Crippen LogP contribution is -2.41. The molecule has 0 aliphatic heterocycles. The van der Waals surface area contributed by atoms with Crippen molar-refractivity contribution in [2.45, 2.75) is 20.0 Å². The van der Waals surface area contributed by atoms with E-state index in [1.807, 2.05) is 0 Å². The van der Waals surface area contributed by atoms with E-state index in [1.54, 1.807) is 49.4 Å². The third-order valence-corrected chi connectivity index (χ3v) is 4.22. The number of nitrogens with zero attached hydrogens (tertiary/aromatic N) is 2. The molecule has 0 bridgehead atoms. The molecule has 0 aliphatic carbocycles. The summed E-state index contributed by atoms with van der Waals surface area (Å²) in [6.45, 7) is 1.56. The SMILES string of the molecule is CCn1c(=O)c2ccccc2n(CC(=O)Nc2ccccc2C(N)=O)c1=O. The number of anilines is 1. The summed E-state index contributed by atoms with van der Waals surface area (Å²) < 4.78 is 2.31. The van der Waals surface area contributed by atoms with Gasteiger partial charge in [0.1, 0.15) is 6.54 Å². The predicted molar refractivity (Wildman–Crippen MR) is 102 cm³/mol. The Morgan fingerprint density at radius 2 is 1.67 bits per heavy atom. The maximum Gasteiger partial charge on any atom is 0.331 e. The van der Waals surface area contributed by atoms with Crippen LogP contribution < -0.4 is 22.3 Å². The first-order valence-corrected chi connectivity index (χ1v) is 8.35. The Morgan fingerprint density at radius 3 is 2.37 bits per heavy atom. The monoisotopic (exact) mass is 366 g/mol. The summed E-state index contributed by atoms with van der Waals surface area (Å²) in [6.07, 6.45) is 0. The lowest BCUT2D eigenvalue weighted by molar-refractivity contribution is -0.116. The Kier molecular flexibility index (Phi) is 4.89. The number of para-hydroxylation sites is 2. The van der Waals surface area contributed by atoms with Gasteiger partial charge in [0.05, 0.1) is 22.2 Å². The smallest absolute Gasteiger partial charge is 0.331 e. The highest BCUT2D eigenvalue weighted by Gasteiger charge is 2.16. The Bertz CT molecular complexity index is 1160. The molecule has 1 aromatic heterocycles. The lowest BCUT2D eigenvalue weighted by atomic mass is 10.1. The molecule has 0 spiro atoms. The van der Waals surface area contributed by atoms with Crippen LogP contribution in [0.5, 0.6) is 0 Å². The molecule has 0 radical (unpaired) electrons. The van der Waals surface area contributed by atoms with Gasteiger partial charge in [-0.3, -0.25) is 23.5 Å². The van der Waals surface area contributed by atoms with Crippen LogP contribution >= 0.6 is 0 Å². The molecule has 3 N–H and O–H groups in total.